The minimum Gasteiger partial charge on any atom is -0.486 e. The highest BCUT2D eigenvalue weighted by Crippen LogP contribution is 2.46. The standard InChI is InChI=1S/C15H20N2O2/c1-17-10-15(4-2-3-5-15)16-11-8-13-14(9-12(11)17)19-7-6-18-13/h8-9,16H,2-7,10H2,1H3. The van der Waals surface area contributed by atoms with E-state index in [1.54, 1.807) is 0 Å². The first-order chi connectivity index (χ1) is 9.26. The van der Waals surface area contributed by atoms with Crippen molar-refractivity contribution in [3.63, 3.8) is 0 Å². The first-order valence-corrected chi connectivity index (χ1v) is 7.19. The van der Waals surface area contributed by atoms with Crippen LogP contribution in [0.15, 0.2) is 12.1 Å². The molecule has 2 heterocycles. The smallest absolute Gasteiger partial charge is 0.163 e. The molecule has 19 heavy (non-hydrogen) atoms. The van der Waals surface area contributed by atoms with Gasteiger partial charge in [0.1, 0.15) is 13.2 Å². The van der Waals surface area contributed by atoms with Gasteiger partial charge < -0.3 is 19.7 Å². The minimum atomic E-state index is 0.269. The fourth-order valence-corrected chi connectivity index (χ4v) is 3.69. The van der Waals surface area contributed by atoms with Crippen molar-refractivity contribution < 1.29 is 9.47 Å². The van der Waals surface area contributed by atoms with Crippen molar-refractivity contribution in [1.82, 2.24) is 0 Å². The summed E-state index contributed by atoms with van der Waals surface area (Å²) in [4.78, 5) is 2.36. The van der Waals surface area contributed by atoms with Crippen LogP contribution in [0.25, 0.3) is 0 Å². The summed E-state index contributed by atoms with van der Waals surface area (Å²) in [7, 11) is 2.18. The maximum absolute atomic E-state index is 5.69. The Morgan fingerprint density at radius 1 is 1.11 bits per heavy atom. The van der Waals surface area contributed by atoms with Crippen LogP contribution in [0.1, 0.15) is 25.7 Å². The van der Waals surface area contributed by atoms with Gasteiger partial charge in [0.15, 0.2) is 11.5 Å². The molecule has 0 aromatic heterocycles. The lowest BCUT2D eigenvalue weighted by molar-refractivity contribution is 0.171. The Labute approximate surface area is 113 Å². The Balaban J connectivity index is 1.75. The molecule has 4 nitrogen and oxygen atoms in total. The Morgan fingerprint density at radius 2 is 1.79 bits per heavy atom. The van der Waals surface area contributed by atoms with Gasteiger partial charge in [0.25, 0.3) is 0 Å². The van der Waals surface area contributed by atoms with Crippen molar-refractivity contribution in [1.29, 1.82) is 0 Å². The molecule has 0 saturated heterocycles. The maximum Gasteiger partial charge on any atom is 0.163 e. The molecular weight excluding hydrogens is 240 g/mol. The molecule has 1 aromatic carbocycles. The Kier molecular flexibility index (Phi) is 2.34. The fraction of sp³-hybridized carbons (Fsp3) is 0.600. The summed E-state index contributed by atoms with van der Waals surface area (Å²) < 4.78 is 11.4. The maximum atomic E-state index is 5.69. The minimum absolute atomic E-state index is 0.269. The van der Waals surface area contributed by atoms with Crippen molar-refractivity contribution in [2.45, 2.75) is 31.2 Å². The monoisotopic (exact) mass is 260 g/mol. The van der Waals surface area contributed by atoms with Crippen LogP contribution >= 0.6 is 0 Å². The number of rotatable bonds is 0. The summed E-state index contributed by atoms with van der Waals surface area (Å²) in [5.41, 5.74) is 2.69. The van der Waals surface area contributed by atoms with Crippen molar-refractivity contribution in [3.05, 3.63) is 12.1 Å². The summed E-state index contributed by atoms with van der Waals surface area (Å²) in [6.07, 6.45) is 5.21. The Morgan fingerprint density at radius 3 is 2.53 bits per heavy atom. The summed E-state index contributed by atoms with van der Waals surface area (Å²) in [5, 5.41) is 3.78. The van der Waals surface area contributed by atoms with Crippen molar-refractivity contribution in [3.8, 4) is 11.5 Å². The van der Waals surface area contributed by atoms with Crippen LogP contribution in [-0.4, -0.2) is 32.3 Å². The lowest BCUT2D eigenvalue weighted by atomic mass is 9.93. The van der Waals surface area contributed by atoms with Gasteiger partial charge in [-0.25, -0.2) is 0 Å². The largest absolute Gasteiger partial charge is 0.486 e. The quantitative estimate of drug-likeness (QED) is 0.777. The van der Waals surface area contributed by atoms with Gasteiger partial charge in [-0.1, -0.05) is 12.8 Å². The Hall–Kier alpha value is -1.58. The van der Waals surface area contributed by atoms with Gasteiger partial charge >= 0.3 is 0 Å². The third-order valence-corrected chi connectivity index (χ3v) is 4.57. The van der Waals surface area contributed by atoms with Crippen LogP contribution in [0.5, 0.6) is 11.5 Å². The lowest BCUT2D eigenvalue weighted by Gasteiger charge is -2.43. The highest BCUT2D eigenvalue weighted by molar-refractivity contribution is 5.78. The average molecular weight is 260 g/mol. The van der Waals surface area contributed by atoms with E-state index >= 15 is 0 Å². The molecule has 4 heteroatoms. The summed E-state index contributed by atoms with van der Waals surface area (Å²) in [5.74, 6) is 1.75. The topological polar surface area (TPSA) is 33.7 Å². The third-order valence-electron chi connectivity index (χ3n) is 4.57. The zero-order chi connectivity index (χ0) is 12.9. The van der Waals surface area contributed by atoms with E-state index < -0.39 is 0 Å². The number of fused-ring (bicyclic) bond motifs is 2. The molecule has 0 atom stereocenters. The van der Waals surface area contributed by atoms with E-state index in [0.29, 0.717) is 13.2 Å². The number of hydrogen-bond acceptors (Lipinski definition) is 4. The number of benzene rings is 1. The molecular formula is C15H20N2O2. The highest BCUT2D eigenvalue weighted by Gasteiger charge is 2.39. The van der Waals surface area contributed by atoms with Gasteiger partial charge in [-0.2, -0.15) is 0 Å². The molecule has 1 fully saturated rings. The van der Waals surface area contributed by atoms with Gasteiger partial charge in [0.05, 0.1) is 16.9 Å². The van der Waals surface area contributed by atoms with E-state index in [1.807, 2.05) is 0 Å². The van der Waals surface area contributed by atoms with Crippen LogP contribution in [-0.2, 0) is 0 Å². The SMILES string of the molecule is CN1CC2(CCCC2)Nc2cc3c(cc21)OCCO3. The van der Waals surface area contributed by atoms with E-state index in [0.717, 1.165) is 18.0 Å². The predicted octanol–water partition coefficient (Wildman–Crippen LogP) is 2.63. The molecule has 1 saturated carbocycles. The number of likely N-dealkylation sites (N-methyl/N-ethyl adjacent to an activating group) is 1. The average Bonchev–Trinajstić information content (AvgIpc) is 2.85. The van der Waals surface area contributed by atoms with Crippen molar-refractivity contribution in [2.75, 3.05) is 37.0 Å². The first kappa shape index (κ1) is 11.3. The number of ether oxygens (including phenoxy) is 2. The molecule has 0 bridgehead atoms. The molecule has 3 aliphatic rings. The molecule has 1 aliphatic carbocycles. The second kappa shape index (κ2) is 3.95. The molecule has 102 valence electrons. The molecule has 0 amide bonds. The van der Waals surface area contributed by atoms with Crippen LogP contribution in [0, 0.1) is 0 Å². The van der Waals surface area contributed by atoms with Crippen molar-refractivity contribution in [2.24, 2.45) is 0 Å². The number of nitrogens with one attached hydrogen (secondary N) is 1. The van der Waals surface area contributed by atoms with Gasteiger partial charge in [0, 0.05) is 25.7 Å². The van der Waals surface area contributed by atoms with Crippen LogP contribution < -0.4 is 19.7 Å². The van der Waals surface area contributed by atoms with Crippen molar-refractivity contribution >= 4 is 11.4 Å². The Bertz CT molecular complexity index is 509. The summed E-state index contributed by atoms with van der Waals surface area (Å²) in [6.45, 7) is 2.37. The summed E-state index contributed by atoms with van der Waals surface area (Å²) >= 11 is 0. The first-order valence-electron chi connectivity index (χ1n) is 7.19. The number of nitrogens with zero attached hydrogens (tertiary/aromatic N) is 1. The zero-order valence-corrected chi connectivity index (χ0v) is 11.4. The van der Waals surface area contributed by atoms with E-state index in [1.165, 1.54) is 37.1 Å². The van der Waals surface area contributed by atoms with E-state index in [4.69, 9.17) is 9.47 Å². The number of hydrogen-bond donors (Lipinski definition) is 1. The summed E-state index contributed by atoms with van der Waals surface area (Å²) in [6, 6.07) is 4.22. The normalized spacial score (nSPS) is 23.1. The van der Waals surface area contributed by atoms with E-state index in [9.17, 15) is 0 Å². The van der Waals surface area contributed by atoms with E-state index in [-0.39, 0.29) is 5.54 Å². The highest BCUT2D eigenvalue weighted by atomic mass is 16.6. The van der Waals surface area contributed by atoms with Gasteiger partial charge in [-0.15, -0.1) is 0 Å². The second-order valence-corrected chi connectivity index (χ2v) is 5.98. The second-order valence-electron chi connectivity index (χ2n) is 5.98. The van der Waals surface area contributed by atoms with Gasteiger partial charge in [-0.3, -0.25) is 0 Å². The van der Waals surface area contributed by atoms with Gasteiger partial charge in [-0.05, 0) is 12.8 Å². The van der Waals surface area contributed by atoms with Crippen LogP contribution in [0.4, 0.5) is 11.4 Å². The zero-order valence-electron chi connectivity index (χ0n) is 11.4. The molecule has 1 aromatic rings. The van der Waals surface area contributed by atoms with Crippen LogP contribution in [0.2, 0.25) is 0 Å². The van der Waals surface area contributed by atoms with Gasteiger partial charge in [0.2, 0.25) is 0 Å². The molecule has 1 spiro atoms. The fourth-order valence-electron chi connectivity index (χ4n) is 3.69. The third kappa shape index (κ3) is 1.73. The molecule has 0 unspecified atom stereocenters. The molecule has 0 radical (unpaired) electrons. The predicted molar refractivity (Wildman–Crippen MR) is 75.5 cm³/mol. The van der Waals surface area contributed by atoms with Crippen LogP contribution in [0.3, 0.4) is 0 Å². The lowest BCUT2D eigenvalue weighted by Crippen LogP contribution is -2.49. The number of anilines is 2. The molecule has 4 rings (SSSR count). The molecule has 1 N–H and O–H groups in total. The molecule has 2 aliphatic heterocycles. The van der Waals surface area contributed by atoms with E-state index in [2.05, 4.69) is 29.4 Å².